The number of imide groups is 1. The van der Waals surface area contributed by atoms with Crippen LogP contribution >= 0.6 is 11.6 Å². The molecule has 3 amide bonds. The zero-order chi connectivity index (χ0) is 20.3. The van der Waals surface area contributed by atoms with Gasteiger partial charge in [-0.25, -0.2) is 9.69 Å². The number of hydrogen-bond acceptors (Lipinski definition) is 4. The fraction of sp³-hybridized carbons (Fsp3) is 0.238. The normalized spacial score (nSPS) is 16.3. The summed E-state index contributed by atoms with van der Waals surface area (Å²) in [5.74, 6) is 0.727. The first-order valence-electron chi connectivity index (χ1n) is 8.90. The molecule has 7 heteroatoms. The second-order valence-electron chi connectivity index (χ2n) is 6.36. The second kappa shape index (κ2) is 8.35. The number of amides is 3. The summed E-state index contributed by atoms with van der Waals surface area (Å²) < 4.78 is 11.2. The third-order valence-electron chi connectivity index (χ3n) is 4.35. The molecule has 146 valence electrons. The van der Waals surface area contributed by atoms with Crippen molar-refractivity contribution in [1.29, 1.82) is 0 Å². The molecule has 2 aromatic carbocycles. The highest BCUT2D eigenvalue weighted by atomic mass is 35.5. The number of anilines is 1. The molecule has 1 N–H and O–H groups in total. The van der Waals surface area contributed by atoms with E-state index in [2.05, 4.69) is 5.32 Å². The van der Waals surface area contributed by atoms with Gasteiger partial charge in [0.25, 0.3) is 5.91 Å². The van der Waals surface area contributed by atoms with Gasteiger partial charge in [0.2, 0.25) is 0 Å². The lowest BCUT2D eigenvalue weighted by Gasteiger charge is -2.15. The number of methoxy groups -OCH3 is 1. The van der Waals surface area contributed by atoms with Crippen LogP contribution in [0.3, 0.4) is 0 Å². The highest BCUT2D eigenvalue weighted by Gasteiger charge is 2.34. The minimum absolute atomic E-state index is 0.0556. The lowest BCUT2D eigenvalue weighted by molar-refractivity contribution is -0.113. The Bertz CT molecular complexity index is 942. The Balaban J connectivity index is 1.87. The summed E-state index contributed by atoms with van der Waals surface area (Å²) in [5, 5.41) is 3.04. The molecule has 0 spiro atoms. The van der Waals surface area contributed by atoms with Gasteiger partial charge in [-0.05, 0) is 55.3 Å². The molecule has 1 atom stereocenters. The van der Waals surface area contributed by atoms with Crippen LogP contribution in [0.4, 0.5) is 10.5 Å². The van der Waals surface area contributed by atoms with Gasteiger partial charge in [-0.15, -0.1) is 0 Å². The van der Waals surface area contributed by atoms with E-state index in [0.29, 0.717) is 27.8 Å². The van der Waals surface area contributed by atoms with Crippen LogP contribution < -0.4 is 19.7 Å². The molecule has 2 aromatic rings. The number of carbonyl (C=O) groups excluding carboxylic acids is 2. The van der Waals surface area contributed by atoms with Gasteiger partial charge in [0.1, 0.15) is 5.70 Å². The number of carbonyl (C=O) groups is 2. The molecule has 1 unspecified atom stereocenters. The molecule has 0 radical (unpaired) electrons. The largest absolute Gasteiger partial charge is 0.493 e. The molecule has 1 aliphatic heterocycles. The van der Waals surface area contributed by atoms with Crippen molar-refractivity contribution >= 4 is 35.3 Å². The topological polar surface area (TPSA) is 67.9 Å². The number of benzene rings is 2. The predicted molar refractivity (Wildman–Crippen MR) is 109 cm³/mol. The number of nitrogens with one attached hydrogen (secondary N) is 1. The Hall–Kier alpha value is -2.99. The van der Waals surface area contributed by atoms with Crippen LogP contribution in [0.1, 0.15) is 25.8 Å². The lowest BCUT2D eigenvalue weighted by Crippen LogP contribution is -2.30. The first kappa shape index (κ1) is 19.8. The van der Waals surface area contributed by atoms with E-state index >= 15 is 0 Å². The summed E-state index contributed by atoms with van der Waals surface area (Å²) in [6.45, 7) is 4.02. The summed E-state index contributed by atoms with van der Waals surface area (Å²) in [7, 11) is 1.55. The maximum Gasteiger partial charge on any atom is 0.333 e. The van der Waals surface area contributed by atoms with Gasteiger partial charge in [-0.1, -0.05) is 30.7 Å². The minimum Gasteiger partial charge on any atom is -0.493 e. The van der Waals surface area contributed by atoms with Crippen LogP contribution in [0.15, 0.2) is 48.2 Å². The molecule has 1 aliphatic rings. The van der Waals surface area contributed by atoms with Crippen LogP contribution in [-0.4, -0.2) is 25.2 Å². The molecular formula is C21H21ClN2O4. The van der Waals surface area contributed by atoms with Gasteiger partial charge in [0.05, 0.1) is 18.9 Å². The number of nitrogens with zero attached hydrogens (tertiary/aromatic N) is 1. The van der Waals surface area contributed by atoms with Crippen molar-refractivity contribution in [3.63, 3.8) is 0 Å². The maximum absolute atomic E-state index is 12.7. The van der Waals surface area contributed by atoms with E-state index in [9.17, 15) is 9.59 Å². The van der Waals surface area contributed by atoms with E-state index in [4.69, 9.17) is 21.1 Å². The summed E-state index contributed by atoms with van der Waals surface area (Å²) >= 11 is 5.97. The van der Waals surface area contributed by atoms with Crippen molar-refractivity contribution < 1.29 is 19.1 Å². The molecule has 1 saturated heterocycles. The van der Waals surface area contributed by atoms with Crippen molar-refractivity contribution in [2.24, 2.45) is 0 Å². The summed E-state index contributed by atoms with van der Waals surface area (Å²) in [6, 6.07) is 11.4. The summed E-state index contributed by atoms with van der Waals surface area (Å²) in [6.07, 6.45) is 2.52. The SMILES string of the molecule is CCC(C)Oc1ccc(/C=C2\NC(=O)N(c3cccc(Cl)c3)C2=O)cc1OC. The van der Waals surface area contributed by atoms with Crippen LogP contribution in [0.25, 0.3) is 6.08 Å². The first-order valence-corrected chi connectivity index (χ1v) is 9.28. The van der Waals surface area contributed by atoms with Gasteiger partial charge in [-0.3, -0.25) is 4.79 Å². The average Bonchev–Trinajstić information content (AvgIpc) is 2.95. The molecule has 6 nitrogen and oxygen atoms in total. The average molecular weight is 401 g/mol. The Morgan fingerprint density at radius 1 is 1.18 bits per heavy atom. The van der Waals surface area contributed by atoms with Gasteiger partial charge in [0, 0.05) is 5.02 Å². The molecule has 0 saturated carbocycles. The van der Waals surface area contributed by atoms with E-state index in [1.165, 1.54) is 0 Å². The number of rotatable bonds is 6. The van der Waals surface area contributed by atoms with E-state index in [-0.39, 0.29) is 11.8 Å². The number of halogens is 1. The fourth-order valence-electron chi connectivity index (χ4n) is 2.72. The molecule has 0 bridgehead atoms. The summed E-state index contributed by atoms with van der Waals surface area (Å²) in [5.41, 5.74) is 1.28. The van der Waals surface area contributed by atoms with Crippen LogP contribution in [-0.2, 0) is 4.79 Å². The number of ether oxygens (including phenoxy) is 2. The monoisotopic (exact) mass is 400 g/mol. The fourth-order valence-corrected chi connectivity index (χ4v) is 2.91. The molecule has 1 heterocycles. The number of hydrogen-bond donors (Lipinski definition) is 1. The Labute approximate surface area is 168 Å². The Morgan fingerprint density at radius 2 is 1.96 bits per heavy atom. The molecular weight excluding hydrogens is 380 g/mol. The van der Waals surface area contributed by atoms with E-state index in [1.807, 2.05) is 13.8 Å². The van der Waals surface area contributed by atoms with E-state index in [1.54, 1.807) is 55.7 Å². The molecule has 1 fully saturated rings. The zero-order valence-electron chi connectivity index (χ0n) is 15.9. The van der Waals surface area contributed by atoms with Crippen LogP contribution in [0.5, 0.6) is 11.5 Å². The predicted octanol–water partition coefficient (Wildman–Crippen LogP) is 4.62. The molecule has 0 aliphatic carbocycles. The lowest BCUT2D eigenvalue weighted by atomic mass is 10.1. The van der Waals surface area contributed by atoms with Crippen molar-refractivity contribution in [2.45, 2.75) is 26.4 Å². The zero-order valence-corrected chi connectivity index (χ0v) is 16.6. The molecule has 0 aromatic heterocycles. The third-order valence-corrected chi connectivity index (χ3v) is 4.58. The maximum atomic E-state index is 12.7. The molecule has 3 rings (SSSR count). The third kappa shape index (κ3) is 4.12. The van der Waals surface area contributed by atoms with Crippen LogP contribution in [0.2, 0.25) is 5.02 Å². The van der Waals surface area contributed by atoms with Gasteiger partial charge < -0.3 is 14.8 Å². The molecule has 28 heavy (non-hydrogen) atoms. The van der Waals surface area contributed by atoms with Crippen molar-refractivity contribution in [2.75, 3.05) is 12.0 Å². The van der Waals surface area contributed by atoms with Crippen LogP contribution in [0, 0.1) is 0 Å². The van der Waals surface area contributed by atoms with Crippen molar-refractivity contribution in [1.82, 2.24) is 5.32 Å². The standard InChI is InChI=1S/C21H21ClN2O4/c1-4-13(2)28-18-9-8-14(11-19(18)27-3)10-17-20(25)24(21(26)23-17)16-7-5-6-15(22)12-16/h5-13H,4H2,1-3H3,(H,23,26)/b17-10-. The second-order valence-corrected chi connectivity index (χ2v) is 6.79. The van der Waals surface area contributed by atoms with Crippen molar-refractivity contribution in [3.8, 4) is 11.5 Å². The van der Waals surface area contributed by atoms with E-state index < -0.39 is 11.9 Å². The van der Waals surface area contributed by atoms with Gasteiger partial charge in [0.15, 0.2) is 11.5 Å². The Morgan fingerprint density at radius 3 is 2.64 bits per heavy atom. The quantitative estimate of drug-likeness (QED) is 0.567. The van der Waals surface area contributed by atoms with Gasteiger partial charge in [-0.2, -0.15) is 0 Å². The number of urea groups is 1. The van der Waals surface area contributed by atoms with E-state index in [0.717, 1.165) is 11.3 Å². The highest BCUT2D eigenvalue weighted by Crippen LogP contribution is 2.31. The first-order chi connectivity index (χ1) is 13.4. The van der Waals surface area contributed by atoms with Gasteiger partial charge >= 0.3 is 6.03 Å². The Kier molecular flexibility index (Phi) is 5.90. The van der Waals surface area contributed by atoms with Crippen molar-refractivity contribution in [3.05, 3.63) is 58.7 Å². The highest BCUT2D eigenvalue weighted by molar-refractivity contribution is 6.32. The minimum atomic E-state index is -0.526. The smallest absolute Gasteiger partial charge is 0.333 e. The summed E-state index contributed by atoms with van der Waals surface area (Å²) in [4.78, 5) is 26.1.